The predicted molar refractivity (Wildman–Crippen MR) is 136 cm³/mol. The summed E-state index contributed by atoms with van der Waals surface area (Å²) in [5, 5.41) is 13.0. The lowest BCUT2D eigenvalue weighted by Crippen LogP contribution is -2.49. The minimum absolute atomic E-state index is 0.0838. The molecule has 0 atom stereocenters. The topological polar surface area (TPSA) is 131 Å². The number of hydrogen-bond acceptors (Lipinski definition) is 8. The van der Waals surface area contributed by atoms with Crippen molar-refractivity contribution in [2.75, 3.05) is 74.8 Å². The first-order chi connectivity index (χ1) is 17.1. The Balaban J connectivity index is 1.30. The Bertz CT molecular complexity index is 1200. The van der Waals surface area contributed by atoms with Crippen LogP contribution < -0.4 is 9.62 Å². The Labute approximate surface area is 211 Å². The molecule has 196 valence electrons. The summed E-state index contributed by atoms with van der Waals surface area (Å²) in [5.74, 6) is -0.676. The fourth-order valence-corrected chi connectivity index (χ4v) is 5.10. The van der Waals surface area contributed by atoms with Crippen LogP contribution in [-0.4, -0.2) is 115 Å². The molecule has 0 saturated carbocycles. The molecule has 4 rings (SSSR count). The Hall–Kier alpha value is -3.16. The van der Waals surface area contributed by atoms with E-state index < -0.39 is 16.0 Å². The fraction of sp³-hybridized carbons (Fsp3) is 0.522. The van der Waals surface area contributed by atoms with Crippen molar-refractivity contribution in [3.05, 3.63) is 41.6 Å². The number of nitrogens with zero attached hydrogens (tertiary/aromatic N) is 6. The van der Waals surface area contributed by atoms with Crippen molar-refractivity contribution in [2.24, 2.45) is 0 Å². The zero-order valence-electron chi connectivity index (χ0n) is 20.6. The van der Waals surface area contributed by atoms with Crippen LogP contribution in [0.25, 0.3) is 0 Å². The summed E-state index contributed by atoms with van der Waals surface area (Å²) >= 11 is 0. The van der Waals surface area contributed by atoms with Gasteiger partial charge in [0.25, 0.3) is 0 Å². The summed E-state index contributed by atoms with van der Waals surface area (Å²) in [6, 6.07) is 7.66. The van der Waals surface area contributed by atoms with Gasteiger partial charge in [-0.2, -0.15) is 4.68 Å². The summed E-state index contributed by atoms with van der Waals surface area (Å²) in [5.41, 5.74) is 3.59. The Morgan fingerprint density at radius 3 is 2.31 bits per heavy atom. The van der Waals surface area contributed by atoms with E-state index in [4.69, 9.17) is 5.11 Å². The first-order valence-electron chi connectivity index (χ1n) is 11.9. The fourth-order valence-electron chi connectivity index (χ4n) is 4.61. The number of aromatic nitrogens is 2. The SMILES string of the molecule is Cc1ccc(CN2CCN(C(=O)n3ccc(NS(C)(=O)=O)n3)CC2)cc1N1CCN(CC(=O)O)CC1. The highest BCUT2D eigenvalue weighted by atomic mass is 32.2. The highest BCUT2D eigenvalue weighted by molar-refractivity contribution is 7.92. The molecule has 0 aliphatic carbocycles. The van der Waals surface area contributed by atoms with Crippen molar-refractivity contribution in [3.8, 4) is 0 Å². The van der Waals surface area contributed by atoms with Crippen LogP contribution in [0.1, 0.15) is 11.1 Å². The molecule has 13 heteroatoms. The van der Waals surface area contributed by atoms with E-state index in [1.807, 2.05) is 4.90 Å². The Morgan fingerprint density at radius 1 is 1.00 bits per heavy atom. The summed E-state index contributed by atoms with van der Waals surface area (Å²) in [4.78, 5) is 32.1. The van der Waals surface area contributed by atoms with Crippen LogP contribution in [0, 0.1) is 6.92 Å². The van der Waals surface area contributed by atoms with Crippen LogP contribution in [0.4, 0.5) is 16.3 Å². The maximum absolute atomic E-state index is 12.8. The molecule has 0 radical (unpaired) electrons. The molecule has 0 unspecified atom stereocenters. The number of carboxylic acid groups (broad SMARTS) is 1. The molecular weight excluding hydrogens is 486 g/mol. The number of benzene rings is 1. The number of piperazine rings is 2. The van der Waals surface area contributed by atoms with E-state index in [1.165, 1.54) is 29.1 Å². The molecule has 3 heterocycles. The van der Waals surface area contributed by atoms with Gasteiger partial charge in [-0.25, -0.2) is 13.2 Å². The molecule has 2 aliphatic rings. The number of nitrogens with one attached hydrogen (secondary N) is 1. The van der Waals surface area contributed by atoms with Crippen molar-refractivity contribution < 1.29 is 23.1 Å². The number of rotatable bonds is 7. The molecule has 2 saturated heterocycles. The third-order valence-corrected chi connectivity index (χ3v) is 7.05. The maximum atomic E-state index is 12.8. The third kappa shape index (κ3) is 6.74. The molecule has 2 fully saturated rings. The standard InChI is InChI=1S/C23H33N7O5S/c1-18-3-4-19(15-20(18)28-11-7-27(8-12-28)17-22(31)32)16-26-9-13-29(14-10-26)23(33)30-6-5-21(24-30)25-36(2,34)35/h3-6,15H,7-14,16-17H2,1-2H3,(H,24,25)(H,31,32). The van der Waals surface area contributed by atoms with E-state index in [0.717, 1.165) is 56.8 Å². The van der Waals surface area contributed by atoms with Gasteiger partial charge in [-0.3, -0.25) is 19.3 Å². The van der Waals surface area contributed by atoms with E-state index in [1.54, 1.807) is 4.90 Å². The zero-order chi connectivity index (χ0) is 25.9. The van der Waals surface area contributed by atoms with Gasteiger partial charge in [0.15, 0.2) is 5.82 Å². The second-order valence-electron chi connectivity index (χ2n) is 9.34. The zero-order valence-corrected chi connectivity index (χ0v) is 21.4. The van der Waals surface area contributed by atoms with Crippen LogP contribution in [0.2, 0.25) is 0 Å². The molecule has 1 aromatic heterocycles. The lowest BCUT2D eigenvalue weighted by molar-refractivity contribution is -0.138. The highest BCUT2D eigenvalue weighted by Crippen LogP contribution is 2.24. The number of amides is 1. The molecule has 1 aromatic carbocycles. The van der Waals surface area contributed by atoms with Gasteiger partial charge in [-0.15, -0.1) is 5.10 Å². The number of carbonyl (C=O) groups excluding carboxylic acids is 1. The van der Waals surface area contributed by atoms with Crippen molar-refractivity contribution in [1.29, 1.82) is 0 Å². The summed E-state index contributed by atoms with van der Waals surface area (Å²) < 4.78 is 26.1. The van der Waals surface area contributed by atoms with Gasteiger partial charge in [0.05, 0.1) is 12.8 Å². The molecule has 0 spiro atoms. The van der Waals surface area contributed by atoms with Gasteiger partial charge in [0.2, 0.25) is 10.0 Å². The normalized spacial score (nSPS) is 17.8. The van der Waals surface area contributed by atoms with Gasteiger partial charge < -0.3 is 14.9 Å². The quantitative estimate of drug-likeness (QED) is 0.538. The van der Waals surface area contributed by atoms with Gasteiger partial charge in [-0.05, 0) is 24.1 Å². The number of carboxylic acids is 1. The van der Waals surface area contributed by atoms with Crippen molar-refractivity contribution in [1.82, 2.24) is 24.5 Å². The molecule has 36 heavy (non-hydrogen) atoms. The number of hydrogen-bond donors (Lipinski definition) is 2. The number of aliphatic carboxylic acids is 1. The first kappa shape index (κ1) is 25.9. The smallest absolute Gasteiger partial charge is 0.344 e. The number of sulfonamides is 1. The van der Waals surface area contributed by atoms with Crippen molar-refractivity contribution in [3.63, 3.8) is 0 Å². The molecule has 12 nitrogen and oxygen atoms in total. The Kier molecular flexibility index (Phi) is 7.81. The minimum atomic E-state index is -3.46. The summed E-state index contributed by atoms with van der Waals surface area (Å²) in [6.45, 7) is 8.56. The van der Waals surface area contributed by atoms with Gasteiger partial charge in [0.1, 0.15) is 0 Å². The molecule has 2 aromatic rings. The number of carbonyl (C=O) groups is 2. The molecular formula is C23H33N7O5S. The molecule has 2 N–H and O–H groups in total. The van der Waals surface area contributed by atoms with E-state index in [-0.39, 0.29) is 18.4 Å². The largest absolute Gasteiger partial charge is 0.480 e. The van der Waals surface area contributed by atoms with E-state index >= 15 is 0 Å². The minimum Gasteiger partial charge on any atom is -0.480 e. The summed E-state index contributed by atoms with van der Waals surface area (Å²) in [6.07, 6.45) is 2.49. The maximum Gasteiger partial charge on any atom is 0.344 e. The highest BCUT2D eigenvalue weighted by Gasteiger charge is 2.24. The van der Waals surface area contributed by atoms with E-state index in [2.05, 4.69) is 44.7 Å². The van der Waals surface area contributed by atoms with Crippen molar-refractivity contribution >= 4 is 33.5 Å². The van der Waals surface area contributed by atoms with E-state index in [0.29, 0.717) is 13.1 Å². The second-order valence-corrected chi connectivity index (χ2v) is 11.1. The molecule has 2 aliphatic heterocycles. The monoisotopic (exact) mass is 519 g/mol. The third-order valence-electron chi connectivity index (χ3n) is 6.47. The first-order valence-corrected chi connectivity index (χ1v) is 13.8. The Morgan fingerprint density at radius 2 is 1.67 bits per heavy atom. The molecule has 0 bridgehead atoms. The van der Waals surface area contributed by atoms with Gasteiger partial charge in [-0.1, -0.05) is 12.1 Å². The second kappa shape index (κ2) is 10.8. The van der Waals surface area contributed by atoms with Crippen LogP contribution in [0.5, 0.6) is 0 Å². The predicted octanol–water partition coefficient (Wildman–Crippen LogP) is 0.556. The van der Waals surface area contributed by atoms with Crippen LogP contribution in [0.3, 0.4) is 0 Å². The van der Waals surface area contributed by atoms with Gasteiger partial charge in [0, 0.05) is 76.9 Å². The van der Waals surface area contributed by atoms with Crippen LogP contribution in [-0.2, 0) is 21.4 Å². The lowest BCUT2D eigenvalue weighted by atomic mass is 10.1. The van der Waals surface area contributed by atoms with Crippen LogP contribution in [0.15, 0.2) is 30.5 Å². The number of aryl methyl sites for hydroxylation is 1. The lowest BCUT2D eigenvalue weighted by Gasteiger charge is -2.37. The van der Waals surface area contributed by atoms with Crippen LogP contribution >= 0.6 is 0 Å². The number of anilines is 2. The molecule has 1 amide bonds. The van der Waals surface area contributed by atoms with Crippen molar-refractivity contribution in [2.45, 2.75) is 13.5 Å². The average Bonchev–Trinajstić information content (AvgIpc) is 3.27. The van der Waals surface area contributed by atoms with Gasteiger partial charge >= 0.3 is 12.0 Å². The average molecular weight is 520 g/mol. The van der Waals surface area contributed by atoms with E-state index in [9.17, 15) is 18.0 Å². The summed E-state index contributed by atoms with van der Waals surface area (Å²) in [7, 11) is -3.46.